The third-order valence-corrected chi connectivity index (χ3v) is 10.9. The van der Waals surface area contributed by atoms with Crippen LogP contribution in [0.1, 0.15) is 57.4 Å². The average Bonchev–Trinajstić information content (AvgIpc) is 3.53. The summed E-state index contributed by atoms with van der Waals surface area (Å²) in [7, 11) is -1.90. The molecule has 0 N–H and O–H groups in total. The molecule has 3 saturated heterocycles. The number of esters is 1. The first-order valence-electron chi connectivity index (χ1n) is 14.3. The standard InChI is InChI=1S/C31H42N2O5S/c1-31(25-9-5-3-6-10-25,23-32(2)39(35,36)29-11-7-4-8-12-29)16-17-33-26-13-14-27(33)20-24(19-26)21-30(34)38-28-15-18-37-22-28/h3-12,24,26-28H,13-23H2,1-2H3/t24?,26?,27?,28-,31+/m0/s1. The van der Waals surface area contributed by atoms with Crippen LogP contribution in [0.5, 0.6) is 0 Å². The lowest BCUT2D eigenvalue weighted by Gasteiger charge is -2.42. The minimum Gasteiger partial charge on any atom is -0.460 e. The van der Waals surface area contributed by atoms with Gasteiger partial charge in [-0.25, -0.2) is 12.7 Å². The van der Waals surface area contributed by atoms with E-state index in [-0.39, 0.29) is 17.5 Å². The zero-order chi connectivity index (χ0) is 27.5. The van der Waals surface area contributed by atoms with Crippen LogP contribution in [0.3, 0.4) is 0 Å². The molecular formula is C31H42N2O5S. The van der Waals surface area contributed by atoms with Crippen LogP contribution < -0.4 is 0 Å². The SMILES string of the molecule is CN(C[C@@](C)(CCN1C2CCC1CC(CC(=O)O[C@H]1CCOC1)C2)c1ccccc1)S(=O)(=O)c1ccccc1. The van der Waals surface area contributed by atoms with E-state index in [1.54, 1.807) is 31.3 Å². The summed E-state index contributed by atoms with van der Waals surface area (Å²) in [5.74, 6) is 0.291. The van der Waals surface area contributed by atoms with E-state index in [4.69, 9.17) is 9.47 Å². The molecule has 3 heterocycles. The highest BCUT2D eigenvalue weighted by atomic mass is 32.2. The monoisotopic (exact) mass is 554 g/mol. The lowest BCUT2D eigenvalue weighted by molar-refractivity contribution is -0.150. The Balaban J connectivity index is 1.23. The molecule has 2 unspecified atom stereocenters. The Hall–Kier alpha value is -2.26. The molecule has 3 fully saturated rings. The van der Waals surface area contributed by atoms with Gasteiger partial charge in [0.25, 0.3) is 0 Å². The van der Waals surface area contributed by atoms with Gasteiger partial charge in [-0.05, 0) is 62.3 Å². The van der Waals surface area contributed by atoms with Crippen molar-refractivity contribution in [2.75, 3.05) is 33.4 Å². The van der Waals surface area contributed by atoms with Gasteiger partial charge in [-0.1, -0.05) is 55.5 Å². The second-order valence-corrected chi connectivity index (χ2v) is 13.9. The highest BCUT2D eigenvalue weighted by Gasteiger charge is 2.42. The molecular weight excluding hydrogens is 512 g/mol. The topological polar surface area (TPSA) is 76.2 Å². The highest BCUT2D eigenvalue weighted by molar-refractivity contribution is 7.89. The lowest BCUT2D eigenvalue weighted by atomic mass is 9.78. The molecule has 7 nitrogen and oxygen atoms in total. The molecule has 2 aromatic rings. The van der Waals surface area contributed by atoms with E-state index < -0.39 is 10.0 Å². The van der Waals surface area contributed by atoms with E-state index in [1.807, 2.05) is 24.3 Å². The van der Waals surface area contributed by atoms with Gasteiger partial charge in [0.1, 0.15) is 6.10 Å². The second-order valence-electron chi connectivity index (χ2n) is 11.9. The van der Waals surface area contributed by atoms with Gasteiger partial charge >= 0.3 is 5.97 Å². The Labute approximate surface area is 233 Å². The summed E-state index contributed by atoms with van der Waals surface area (Å²) in [6, 6.07) is 19.9. The number of carbonyl (C=O) groups excluding carboxylic acids is 1. The quantitative estimate of drug-likeness (QED) is 0.378. The molecule has 2 bridgehead atoms. The lowest BCUT2D eigenvalue weighted by Crippen LogP contribution is -2.47. The van der Waals surface area contributed by atoms with E-state index >= 15 is 0 Å². The van der Waals surface area contributed by atoms with E-state index in [0.717, 1.165) is 50.6 Å². The first-order valence-corrected chi connectivity index (χ1v) is 15.8. The molecule has 5 rings (SSSR count). The van der Waals surface area contributed by atoms with Gasteiger partial charge in [0, 0.05) is 43.9 Å². The predicted molar refractivity (Wildman–Crippen MR) is 151 cm³/mol. The number of hydrogen-bond donors (Lipinski definition) is 0. The van der Waals surface area contributed by atoms with Crippen LogP contribution in [-0.4, -0.2) is 75.1 Å². The summed E-state index contributed by atoms with van der Waals surface area (Å²) in [4.78, 5) is 15.5. The summed E-state index contributed by atoms with van der Waals surface area (Å²) >= 11 is 0. The third-order valence-electron chi connectivity index (χ3n) is 9.04. The van der Waals surface area contributed by atoms with Crippen LogP contribution >= 0.6 is 0 Å². The Morgan fingerprint density at radius 2 is 1.67 bits per heavy atom. The first-order chi connectivity index (χ1) is 18.7. The van der Waals surface area contributed by atoms with Crippen molar-refractivity contribution in [3.63, 3.8) is 0 Å². The van der Waals surface area contributed by atoms with Gasteiger partial charge < -0.3 is 9.47 Å². The fourth-order valence-electron chi connectivity index (χ4n) is 6.87. The molecule has 0 saturated carbocycles. The van der Waals surface area contributed by atoms with Crippen LogP contribution in [-0.2, 0) is 29.7 Å². The summed E-state index contributed by atoms with van der Waals surface area (Å²) < 4.78 is 39.2. The fraction of sp³-hybridized carbons (Fsp3) is 0.581. The molecule has 212 valence electrons. The number of sulfonamides is 1. The van der Waals surface area contributed by atoms with Crippen molar-refractivity contribution >= 4 is 16.0 Å². The van der Waals surface area contributed by atoms with Crippen molar-refractivity contribution in [2.45, 2.75) is 80.4 Å². The van der Waals surface area contributed by atoms with E-state index in [2.05, 4.69) is 24.0 Å². The van der Waals surface area contributed by atoms with Crippen molar-refractivity contribution in [1.82, 2.24) is 9.21 Å². The number of benzene rings is 2. The zero-order valence-corrected chi connectivity index (χ0v) is 24.0. The maximum absolute atomic E-state index is 13.4. The van der Waals surface area contributed by atoms with Crippen LogP contribution in [0.15, 0.2) is 65.6 Å². The van der Waals surface area contributed by atoms with E-state index in [0.29, 0.717) is 49.1 Å². The average molecular weight is 555 g/mol. The van der Waals surface area contributed by atoms with Gasteiger partial charge in [-0.15, -0.1) is 0 Å². The van der Waals surface area contributed by atoms with Crippen molar-refractivity contribution in [1.29, 1.82) is 0 Å². The van der Waals surface area contributed by atoms with E-state index in [9.17, 15) is 13.2 Å². The van der Waals surface area contributed by atoms with Crippen molar-refractivity contribution in [3.8, 4) is 0 Å². The van der Waals surface area contributed by atoms with Crippen LogP contribution in [0.25, 0.3) is 0 Å². The smallest absolute Gasteiger partial charge is 0.306 e. The molecule has 3 aliphatic rings. The number of nitrogens with zero attached hydrogens (tertiary/aromatic N) is 2. The minimum absolute atomic E-state index is 0.0752. The predicted octanol–water partition coefficient (Wildman–Crippen LogP) is 4.62. The molecule has 8 heteroatoms. The second kappa shape index (κ2) is 12.1. The van der Waals surface area contributed by atoms with Crippen molar-refractivity contribution in [2.24, 2.45) is 5.92 Å². The number of likely N-dealkylation sites (N-methyl/N-ethyl adjacent to an activating group) is 1. The van der Waals surface area contributed by atoms with Gasteiger partial charge in [0.15, 0.2) is 0 Å². The number of hydrogen-bond acceptors (Lipinski definition) is 6. The zero-order valence-electron chi connectivity index (χ0n) is 23.2. The Morgan fingerprint density at radius 3 is 2.28 bits per heavy atom. The fourth-order valence-corrected chi connectivity index (χ4v) is 8.19. The molecule has 0 aromatic heterocycles. The Bertz CT molecular complexity index is 1190. The number of rotatable bonds is 11. The first kappa shape index (κ1) is 28.3. The Kier molecular flexibility index (Phi) is 8.76. The Morgan fingerprint density at radius 1 is 1.03 bits per heavy atom. The number of fused-ring (bicyclic) bond motifs is 2. The molecule has 3 aliphatic heterocycles. The molecule has 4 atom stereocenters. The van der Waals surface area contributed by atoms with Crippen LogP contribution in [0.4, 0.5) is 0 Å². The van der Waals surface area contributed by atoms with Crippen LogP contribution in [0.2, 0.25) is 0 Å². The van der Waals surface area contributed by atoms with Gasteiger partial charge in [0.2, 0.25) is 10.0 Å². The summed E-state index contributed by atoms with van der Waals surface area (Å²) in [6.45, 7) is 4.71. The number of ether oxygens (including phenoxy) is 2. The summed E-state index contributed by atoms with van der Waals surface area (Å²) in [5.41, 5.74) is 0.808. The minimum atomic E-state index is -3.59. The number of carbonyl (C=O) groups is 1. The summed E-state index contributed by atoms with van der Waals surface area (Å²) in [5, 5.41) is 0. The normalized spacial score (nSPS) is 26.9. The van der Waals surface area contributed by atoms with Crippen molar-refractivity contribution in [3.05, 3.63) is 66.2 Å². The molecule has 0 amide bonds. The molecule has 0 aliphatic carbocycles. The molecule has 0 spiro atoms. The van der Waals surface area contributed by atoms with Gasteiger partial charge in [-0.3, -0.25) is 9.69 Å². The molecule has 2 aromatic carbocycles. The van der Waals surface area contributed by atoms with Crippen LogP contribution in [0, 0.1) is 5.92 Å². The van der Waals surface area contributed by atoms with Gasteiger partial charge in [0.05, 0.1) is 18.1 Å². The highest BCUT2D eigenvalue weighted by Crippen LogP contribution is 2.41. The third kappa shape index (κ3) is 6.56. The maximum Gasteiger partial charge on any atom is 0.306 e. The maximum atomic E-state index is 13.4. The van der Waals surface area contributed by atoms with Gasteiger partial charge in [-0.2, -0.15) is 0 Å². The molecule has 39 heavy (non-hydrogen) atoms. The summed E-state index contributed by atoms with van der Waals surface area (Å²) in [6.07, 6.45) is 6.46. The largest absolute Gasteiger partial charge is 0.460 e. The molecule has 0 radical (unpaired) electrons. The van der Waals surface area contributed by atoms with E-state index in [1.165, 1.54) is 4.31 Å². The van der Waals surface area contributed by atoms with Crippen molar-refractivity contribution < 1.29 is 22.7 Å². The number of piperidine rings is 1.